The van der Waals surface area contributed by atoms with Crippen molar-refractivity contribution in [2.24, 2.45) is 11.7 Å². The Bertz CT molecular complexity index is 805. The summed E-state index contributed by atoms with van der Waals surface area (Å²) in [5, 5.41) is 9.51. The van der Waals surface area contributed by atoms with Crippen LogP contribution in [0.25, 0.3) is 0 Å². The minimum atomic E-state index is -0.929. The van der Waals surface area contributed by atoms with Gasteiger partial charge in [-0.3, -0.25) is 19.4 Å². The van der Waals surface area contributed by atoms with E-state index in [1.807, 2.05) is 30.3 Å². The van der Waals surface area contributed by atoms with Gasteiger partial charge in [-0.1, -0.05) is 30.3 Å². The van der Waals surface area contributed by atoms with Gasteiger partial charge in [0.25, 0.3) is 5.91 Å². The molecule has 0 aliphatic carbocycles. The number of likely N-dealkylation sites (tertiary alicyclic amines) is 1. The van der Waals surface area contributed by atoms with Gasteiger partial charge in [-0.25, -0.2) is 0 Å². The number of nitrogens with zero attached hydrogens (tertiary/aromatic N) is 2. The number of carbonyl (C=O) groups is 3. The summed E-state index contributed by atoms with van der Waals surface area (Å²) in [4.78, 5) is 40.8. The Kier molecular flexibility index (Phi) is 4.47. The van der Waals surface area contributed by atoms with Crippen molar-refractivity contribution in [2.75, 3.05) is 13.1 Å². The van der Waals surface area contributed by atoms with Crippen molar-refractivity contribution in [1.82, 2.24) is 9.88 Å². The number of carboxylic acids is 1. The van der Waals surface area contributed by atoms with E-state index in [2.05, 4.69) is 4.98 Å². The van der Waals surface area contributed by atoms with Gasteiger partial charge in [0.1, 0.15) is 5.69 Å². The zero-order valence-electron chi connectivity index (χ0n) is 13.3. The zero-order chi connectivity index (χ0) is 18.0. The molecule has 2 aromatic rings. The maximum Gasteiger partial charge on any atom is 0.308 e. The molecule has 1 aliphatic rings. The molecule has 7 heteroatoms. The molecule has 0 saturated carbocycles. The Labute approximate surface area is 144 Å². The molecule has 3 rings (SSSR count). The Balaban J connectivity index is 1.82. The number of hydrogen-bond donors (Lipinski definition) is 2. The van der Waals surface area contributed by atoms with E-state index in [9.17, 15) is 19.5 Å². The molecule has 1 aromatic heterocycles. The molecule has 1 fully saturated rings. The highest BCUT2D eigenvalue weighted by molar-refractivity contribution is 5.95. The highest BCUT2D eigenvalue weighted by Crippen LogP contribution is 2.33. The standard InChI is InChI=1S/C18H17N3O4/c19-16(22)12-6-7-15(20-8-12)17(23)21-9-13(14(10-21)18(24)25)11-4-2-1-3-5-11/h1-8,13-14H,9-10H2,(H2,19,22)(H,24,25)/t13-,14+/m0/s1. The number of carboxylic acid groups (broad SMARTS) is 1. The lowest BCUT2D eigenvalue weighted by Crippen LogP contribution is -2.30. The minimum Gasteiger partial charge on any atom is -0.481 e. The Morgan fingerprint density at radius 1 is 1.08 bits per heavy atom. The Hall–Kier alpha value is -3.22. The number of benzene rings is 1. The maximum atomic E-state index is 12.6. The van der Waals surface area contributed by atoms with Crippen LogP contribution in [0, 0.1) is 5.92 Å². The molecular formula is C18H17N3O4. The lowest BCUT2D eigenvalue weighted by atomic mass is 9.89. The predicted molar refractivity (Wildman–Crippen MR) is 89.0 cm³/mol. The number of aliphatic carboxylic acids is 1. The van der Waals surface area contributed by atoms with Gasteiger partial charge in [-0.05, 0) is 17.7 Å². The van der Waals surface area contributed by atoms with Crippen molar-refractivity contribution in [3.05, 3.63) is 65.5 Å². The van der Waals surface area contributed by atoms with E-state index in [4.69, 9.17) is 5.73 Å². The highest BCUT2D eigenvalue weighted by atomic mass is 16.4. The fourth-order valence-electron chi connectivity index (χ4n) is 3.09. The van der Waals surface area contributed by atoms with Crippen molar-refractivity contribution in [3.8, 4) is 0 Å². The highest BCUT2D eigenvalue weighted by Gasteiger charge is 2.40. The lowest BCUT2D eigenvalue weighted by Gasteiger charge is -2.16. The number of rotatable bonds is 4. The molecule has 0 unspecified atom stereocenters. The van der Waals surface area contributed by atoms with E-state index in [1.54, 1.807) is 0 Å². The summed E-state index contributed by atoms with van der Waals surface area (Å²) in [6, 6.07) is 12.2. The van der Waals surface area contributed by atoms with Gasteiger partial charge in [0.05, 0.1) is 11.5 Å². The number of hydrogen-bond acceptors (Lipinski definition) is 4. The fourth-order valence-corrected chi connectivity index (χ4v) is 3.09. The first-order chi connectivity index (χ1) is 12.0. The van der Waals surface area contributed by atoms with Crippen LogP contribution in [0.15, 0.2) is 48.7 Å². The zero-order valence-corrected chi connectivity index (χ0v) is 13.3. The van der Waals surface area contributed by atoms with Gasteiger partial charge in [-0.15, -0.1) is 0 Å². The molecule has 7 nitrogen and oxygen atoms in total. The van der Waals surface area contributed by atoms with Crippen molar-refractivity contribution in [1.29, 1.82) is 0 Å². The second-order valence-electron chi connectivity index (χ2n) is 5.97. The molecular weight excluding hydrogens is 322 g/mol. The molecule has 3 N–H and O–H groups in total. The number of carbonyl (C=O) groups excluding carboxylic acids is 2. The molecule has 2 amide bonds. The van der Waals surface area contributed by atoms with E-state index in [1.165, 1.54) is 23.2 Å². The molecule has 0 spiro atoms. The largest absolute Gasteiger partial charge is 0.481 e. The summed E-state index contributed by atoms with van der Waals surface area (Å²) >= 11 is 0. The van der Waals surface area contributed by atoms with Crippen molar-refractivity contribution < 1.29 is 19.5 Å². The third-order valence-corrected chi connectivity index (χ3v) is 4.42. The van der Waals surface area contributed by atoms with Gasteiger partial charge >= 0.3 is 5.97 Å². The molecule has 2 atom stereocenters. The molecule has 25 heavy (non-hydrogen) atoms. The van der Waals surface area contributed by atoms with E-state index >= 15 is 0 Å². The average molecular weight is 339 g/mol. The van der Waals surface area contributed by atoms with Crippen LogP contribution < -0.4 is 5.73 Å². The SMILES string of the molecule is NC(=O)c1ccc(C(=O)N2C[C@@H](C(=O)O)[C@H](c3ccccc3)C2)nc1. The van der Waals surface area contributed by atoms with Gasteiger partial charge in [0, 0.05) is 25.2 Å². The Morgan fingerprint density at radius 2 is 1.80 bits per heavy atom. The summed E-state index contributed by atoms with van der Waals surface area (Å²) in [5.74, 6) is -2.85. The van der Waals surface area contributed by atoms with Crippen LogP contribution >= 0.6 is 0 Å². The molecule has 2 heterocycles. The molecule has 1 aliphatic heterocycles. The van der Waals surface area contributed by atoms with Gasteiger partial charge in [-0.2, -0.15) is 0 Å². The summed E-state index contributed by atoms with van der Waals surface area (Å²) in [6.45, 7) is 0.423. The summed E-state index contributed by atoms with van der Waals surface area (Å²) < 4.78 is 0. The van der Waals surface area contributed by atoms with Gasteiger partial charge in [0.2, 0.25) is 5.91 Å². The van der Waals surface area contributed by atoms with Gasteiger partial charge < -0.3 is 15.7 Å². The van der Waals surface area contributed by atoms with E-state index in [0.29, 0.717) is 6.54 Å². The monoisotopic (exact) mass is 339 g/mol. The predicted octanol–water partition coefficient (Wildman–Crippen LogP) is 1.12. The van der Waals surface area contributed by atoms with Gasteiger partial charge in [0.15, 0.2) is 0 Å². The second kappa shape index (κ2) is 6.72. The maximum absolute atomic E-state index is 12.6. The number of pyridine rings is 1. The molecule has 1 aromatic carbocycles. The number of amides is 2. The van der Waals surface area contributed by atoms with Crippen LogP contribution in [-0.4, -0.2) is 45.9 Å². The van der Waals surface area contributed by atoms with E-state index in [0.717, 1.165) is 5.56 Å². The molecule has 0 radical (unpaired) electrons. The van der Waals surface area contributed by atoms with Crippen molar-refractivity contribution >= 4 is 17.8 Å². The fraction of sp³-hybridized carbons (Fsp3) is 0.222. The smallest absolute Gasteiger partial charge is 0.308 e. The van der Waals surface area contributed by atoms with Crippen LogP contribution in [-0.2, 0) is 4.79 Å². The summed E-state index contributed by atoms with van der Waals surface area (Å²) in [5.41, 5.74) is 6.41. The van der Waals surface area contributed by atoms with Crippen molar-refractivity contribution in [2.45, 2.75) is 5.92 Å². The lowest BCUT2D eigenvalue weighted by molar-refractivity contribution is -0.141. The van der Waals surface area contributed by atoms with Crippen LogP contribution in [0.5, 0.6) is 0 Å². The first-order valence-corrected chi connectivity index (χ1v) is 7.80. The first-order valence-electron chi connectivity index (χ1n) is 7.80. The molecule has 128 valence electrons. The van der Waals surface area contributed by atoms with Crippen LogP contribution in [0.3, 0.4) is 0 Å². The topological polar surface area (TPSA) is 114 Å². The van der Waals surface area contributed by atoms with E-state index < -0.39 is 17.8 Å². The van der Waals surface area contributed by atoms with Crippen LogP contribution in [0.1, 0.15) is 32.3 Å². The van der Waals surface area contributed by atoms with E-state index in [-0.39, 0.29) is 29.6 Å². The third-order valence-electron chi connectivity index (χ3n) is 4.42. The normalized spacial score (nSPS) is 19.6. The molecule has 1 saturated heterocycles. The third kappa shape index (κ3) is 3.35. The second-order valence-corrected chi connectivity index (χ2v) is 5.97. The number of aromatic nitrogens is 1. The van der Waals surface area contributed by atoms with Crippen LogP contribution in [0.2, 0.25) is 0 Å². The summed E-state index contributed by atoms with van der Waals surface area (Å²) in [7, 11) is 0. The molecule has 0 bridgehead atoms. The number of primary amides is 1. The first kappa shape index (κ1) is 16.6. The number of nitrogens with two attached hydrogens (primary N) is 1. The quantitative estimate of drug-likeness (QED) is 0.866. The minimum absolute atomic E-state index is 0.118. The average Bonchev–Trinajstić information content (AvgIpc) is 3.07. The van der Waals surface area contributed by atoms with Crippen LogP contribution in [0.4, 0.5) is 0 Å². The summed E-state index contributed by atoms with van der Waals surface area (Å²) in [6.07, 6.45) is 1.25. The Morgan fingerprint density at radius 3 is 2.36 bits per heavy atom. The van der Waals surface area contributed by atoms with Crippen molar-refractivity contribution in [3.63, 3.8) is 0 Å².